The molecule has 3 aromatic carbocycles. The maximum atomic E-state index is 5.39. The molecule has 0 heterocycles. The Hall–Kier alpha value is -3.48. The van der Waals surface area contributed by atoms with E-state index < -0.39 is 0 Å². The van der Waals surface area contributed by atoms with Gasteiger partial charge in [0, 0.05) is 11.1 Å². The van der Waals surface area contributed by atoms with E-state index in [1.807, 2.05) is 36.4 Å². The summed E-state index contributed by atoms with van der Waals surface area (Å²) in [6.07, 6.45) is 17.0. The highest BCUT2D eigenvalue weighted by molar-refractivity contribution is 5.69. The first kappa shape index (κ1) is 17.3. The lowest BCUT2D eigenvalue weighted by Gasteiger charge is -2.03. The van der Waals surface area contributed by atoms with Gasteiger partial charge in [-0.05, 0) is 59.4 Å². The zero-order chi connectivity index (χ0) is 18.2. The normalized spacial score (nSPS) is 10.4. The third-order valence-corrected chi connectivity index (χ3v) is 4.35. The summed E-state index contributed by atoms with van der Waals surface area (Å²) in [4.78, 5) is 0. The van der Waals surface area contributed by atoms with Gasteiger partial charge in [-0.15, -0.1) is 12.8 Å². The Balaban J connectivity index is 1.58. The molecule has 0 bridgehead atoms. The zero-order valence-electron chi connectivity index (χ0n) is 14.7. The van der Waals surface area contributed by atoms with Crippen molar-refractivity contribution in [1.29, 1.82) is 0 Å². The predicted molar refractivity (Wildman–Crippen MR) is 112 cm³/mol. The van der Waals surface area contributed by atoms with Crippen molar-refractivity contribution in [3.63, 3.8) is 0 Å². The molecule has 3 rings (SSSR count). The molecular formula is C26H20. The molecule has 0 fully saturated rings. The topological polar surface area (TPSA) is 0 Å². The van der Waals surface area contributed by atoms with Crippen LogP contribution in [0.5, 0.6) is 0 Å². The number of hydrogen-bond acceptors (Lipinski definition) is 0. The van der Waals surface area contributed by atoms with E-state index in [2.05, 4.69) is 60.4 Å². The van der Waals surface area contributed by atoms with Crippen LogP contribution in [0, 0.1) is 24.7 Å². The van der Waals surface area contributed by atoms with Crippen molar-refractivity contribution in [1.82, 2.24) is 0 Å². The third kappa shape index (κ3) is 4.76. The number of terminal acetylenes is 2. The van der Waals surface area contributed by atoms with Gasteiger partial charge < -0.3 is 0 Å². The largest absolute Gasteiger partial charge is 0.115 e. The van der Waals surface area contributed by atoms with E-state index in [1.165, 1.54) is 16.7 Å². The summed E-state index contributed by atoms with van der Waals surface area (Å²) in [5.74, 6) is 5.28. The Morgan fingerprint density at radius 1 is 0.538 bits per heavy atom. The summed E-state index contributed by atoms with van der Waals surface area (Å²) < 4.78 is 0. The van der Waals surface area contributed by atoms with Crippen LogP contribution in [0.4, 0.5) is 0 Å². The van der Waals surface area contributed by atoms with Crippen molar-refractivity contribution in [3.05, 3.63) is 106 Å². The Kier molecular flexibility index (Phi) is 5.72. The van der Waals surface area contributed by atoms with Crippen LogP contribution in [-0.4, -0.2) is 0 Å². The van der Waals surface area contributed by atoms with E-state index in [1.54, 1.807) is 0 Å². The lowest BCUT2D eigenvalue weighted by Crippen LogP contribution is -1.91. The van der Waals surface area contributed by atoms with Gasteiger partial charge >= 0.3 is 0 Å². The molecule has 0 nitrogen and oxygen atoms in total. The summed E-state index contributed by atoms with van der Waals surface area (Å²) in [7, 11) is 0. The second-order valence-electron chi connectivity index (χ2n) is 6.18. The van der Waals surface area contributed by atoms with E-state index >= 15 is 0 Å². The molecule has 0 N–H and O–H groups in total. The smallest absolute Gasteiger partial charge is 0.0243 e. The van der Waals surface area contributed by atoms with Gasteiger partial charge in [0.15, 0.2) is 0 Å². The number of hydrogen-bond donors (Lipinski definition) is 0. The van der Waals surface area contributed by atoms with Gasteiger partial charge in [-0.25, -0.2) is 0 Å². The lowest BCUT2D eigenvalue weighted by molar-refractivity contribution is 0.960. The maximum absolute atomic E-state index is 5.39. The average molecular weight is 332 g/mol. The highest BCUT2D eigenvalue weighted by atomic mass is 14.0. The van der Waals surface area contributed by atoms with Crippen LogP contribution in [0.15, 0.2) is 72.8 Å². The molecule has 0 radical (unpaired) electrons. The van der Waals surface area contributed by atoms with Crippen molar-refractivity contribution >= 4 is 12.2 Å². The van der Waals surface area contributed by atoms with E-state index in [-0.39, 0.29) is 0 Å². The molecule has 3 aromatic rings. The highest BCUT2D eigenvalue weighted by Crippen LogP contribution is 2.13. The molecular weight excluding hydrogens is 312 g/mol. The summed E-state index contributed by atoms with van der Waals surface area (Å²) >= 11 is 0. The minimum Gasteiger partial charge on any atom is -0.115 e. The minimum atomic E-state index is 0.903. The summed E-state index contributed by atoms with van der Waals surface area (Å²) in [5, 5.41) is 0. The predicted octanol–water partition coefficient (Wildman–Crippen LogP) is 5.60. The fraction of sp³-hybridized carbons (Fsp3) is 0.0769. The molecule has 0 amide bonds. The molecule has 0 saturated carbocycles. The van der Waals surface area contributed by atoms with Crippen LogP contribution in [0.25, 0.3) is 12.2 Å². The molecule has 0 aliphatic carbocycles. The van der Waals surface area contributed by atoms with Gasteiger partial charge in [0.1, 0.15) is 0 Å². The van der Waals surface area contributed by atoms with E-state index in [0.717, 1.165) is 29.5 Å². The standard InChI is InChI=1S/C26H20/c1-3-21-5-9-23(10-6-21)13-15-25-17-19-26(20-18-25)16-14-24-11-7-22(4-2)8-12-24/h1-2,5-13,15,17-20H,14,16H2/b15-13+. The second kappa shape index (κ2) is 8.57. The first-order chi connectivity index (χ1) is 12.8. The van der Waals surface area contributed by atoms with Crippen LogP contribution in [0.1, 0.15) is 33.4 Å². The first-order valence-electron chi connectivity index (χ1n) is 8.66. The Morgan fingerprint density at radius 2 is 0.885 bits per heavy atom. The maximum Gasteiger partial charge on any atom is 0.0243 e. The molecule has 124 valence electrons. The summed E-state index contributed by atoms with van der Waals surface area (Å²) in [6, 6.07) is 24.9. The second-order valence-corrected chi connectivity index (χ2v) is 6.18. The molecule has 0 spiro atoms. The highest BCUT2D eigenvalue weighted by Gasteiger charge is 1.97. The Labute approximate surface area is 156 Å². The van der Waals surface area contributed by atoms with Crippen molar-refractivity contribution in [2.45, 2.75) is 12.8 Å². The van der Waals surface area contributed by atoms with Gasteiger partial charge in [-0.3, -0.25) is 0 Å². The molecule has 0 aromatic heterocycles. The van der Waals surface area contributed by atoms with Crippen LogP contribution in [-0.2, 0) is 12.8 Å². The lowest BCUT2D eigenvalue weighted by atomic mass is 10.0. The van der Waals surface area contributed by atoms with E-state index in [0.29, 0.717) is 0 Å². The SMILES string of the molecule is C#Cc1ccc(/C=C/c2ccc(CCc3ccc(C#C)cc3)cc2)cc1. The summed E-state index contributed by atoms with van der Waals surface area (Å²) in [5.41, 5.74) is 6.81. The van der Waals surface area contributed by atoms with Crippen LogP contribution >= 0.6 is 0 Å². The van der Waals surface area contributed by atoms with Crippen molar-refractivity contribution in [2.24, 2.45) is 0 Å². The zero-order valence-corrected chi connectivity index (χ0v) is 14.7. The van der Waals surface area contributed by atoms with Crippen LogP contribution < -0.4 is 0 Å². The molecule has 0 heteroatoms. The van der Waals surface area contributed by atoms with Gasteiger partial charge in [0.25, 0.3) is 0 Å². The van der Waals surface area contributed by atoms with Gasteiger partial charge in [-0.1, -0.05) is 72.5 Å². The fourth-order valence-corrected chi connectivity index (χ4v) is 2.73. The summed E-state index contributed by atoms with van der Waals surface area (Å²) in [6.45, 7) is 0. The fourth-order valence-electron chi connectivity index (χ4n) is 2.73. The first-order valence-corrected chi connectivity index (χ1v) is 8.66. The Bertz CT molecular complexity index is 955. The number of rotatable bonds is 5. The van der Waals surface area contributed by atoms with Gasteiger partial charge in [0.2, 0.25) is 0 Å². The minimum absolute atomic E-state index is 0.903. The van der Waals surface area contributed by atoms with Gasteiger partial charge in [-0.2, -0.15) is 0 Å². The monoisotopic (exact) mass is 332 g/mol. The van der Waals surface area contributed by atoms with Crippen molar-refractivity contribution in [2.75, 3.05) is 0 Å². The third-order valence-electron chi connectivity index (χ3n) is 4.35. The quantitative estimate of drug-likeness (QED) is 0.421. The molecule has 0 aliphatic rings. The molecule has 0 saturated heterocycles. The molecule has 0 unspecified atom stereocenters. The van der Waals surface area contributed by atoms with Crippen LogP contribution in [0.2, 0.25) is 0 Å². The average Bonchev–Trinajstić information content (AvgIpc) is 2.72. The van der Waals surface area contributed by atoms with Crippen molar-refractivity contribution in [3.8, 4) is 24.7 Å². The van der Waals surface area contributed by atoms with Crippen molar-refractivity contribution < 1.29 is 0 Å². The van der Waals surface area contributed by atoms with Crippen LogP contribution in [0.3, 0.4) is 0 Å². The Morgan fingerprint density at radius 3 is 1.31 bits per heavy atom. The van der Waals surface area contributed by atoms with Gasteiger partial charge in [0.05, 0.1) is 0 Å². The molecule has 0 atom stereocenters. The molecule has 26 heavy (non-hydrogen) atoms. The van der Waals surface area contributed by atoms with E-state index in [9.17, 15) is 0 Å². The van der Waals surface area contributed by atoms with E-state index in [4.69, 9.17) is 12.8 Å². The molecule has 0 aliphatic heterocycles. The number of benzene rings is 3. The number of aryl methyl sites for hydroxylation is 2.